The fourth-order valence-electron chi connectivity index (χ4n) is 3.65. The van der Waals surface area contributed by atoms with Gasteiger partial charge in [-0.05, 0) is 59.7 Å². The number of ether oxygens (including phenoxy) is 2. The lowest BCUT2D eigenvalue weighted by Crippen LogP contribution is -2.24. The number of nitrogens with one attached hydrogen (secondary N) is 1. The van der Waals surface area contributed by atoms with Crippen LogP contribution in [0.15, 0.2) is 73.1 Å². The third kappa shape index (κ3) is 4.61. The molecule has 0 saturated heterocycles. The van der Waals surface area contributed by atoms with Gasteiger partial charge in [-0.15, -0.1) is 0 Å². The molecule has 7 nitrogen and oxygen atoms in total. The van der Waals surface area contributed by atoms with Crippen LogP contribution in [0.3, 0.4) is 0 Å². The summed E-state index contributed by atoms with van der Waals surface area (Å²) >= 11 is 0. The molecule has 1 unspecified atom stereocenters. The van der Waals surface area contributed by atoms with Crippen molar-refractivity contribution in [2.24, 2.45) is 7.05 Å². The Morgan fingerprint density at radius 3 is 2.42 bits per heavy atom. The fraction of sp³-hybridized carbons (Fsp3) is 0.160. The van der Waals surface area contributed by atoms with E-state index in [2.05, 4.69) is 15.4 Å². The molecule has 0 aliphatic rings. The molecule has 4 rings (SSSR count). The van der Waals surface area contributed by atoms with E-state index < -0.39 is 6.10 Å². The average Bonchev–Trinajstić information content (AvgIpc) is 3.16. The summed E-state index contributed by atoms with van der Waals surface area (Å²) < 4.78 is 25.9. The largest absolute Gasteiger partial charge is 0.497 e. The van der Waals surface area contributed by atoms with Crippen molar-refractivity contribution in [3.8, 4) is 28.1 Å². The van der Waals surface area contributed by atoms with Gasteiger partial charge in [-0.25, -0.2) is 4.39 Å². The maximum Gasteiger partial charge on any atom is 0.259 e. The SMILES string of the molecule is COc1cccc(C(OC)C(=O)Nc2c(-c3ccncc3)c(-c3ccc(F)cc3)nn2C)c1. The molecule has 8 heteroatoms. The number of hydrogen-bond acceptors (Lipinski definition) is 5. The number of aromatic nitrogens is 3. The molecule has 0 fully saturated rings. The number of rotatable bonds is 7. The number of carbonyl (C=O) groups excluding carboxylic acids is 1. The molecule has 0 aliphatic heterocycles. The van der Waals surface area contributed by atoms with Gasteiger partial charge in [0.15, 0.2) is 6.10 Å². The van der Waals surface area contributed by atoms with Crippen LogP contribution >= 0.6 is 0 Å². The van der Waals surface area contributed by atoms with Gasteiger partial charge < -0.3 is 14.8 Å². The van der Waals surface area contributed by atoms with Gasteiger partial charge in [0.25, 0.3) is 5.91 Å². The van der Waals surface area contributed by atoms with Crippen molar-refractivity contribution < 1.29 is 18.7 Å². The quantitative estimate of drug-likeness (QED) is 0.448. The molecule has 1 N–H and O–H groups in total. The third-order valence-corrected chi connectivity index (χ3v) is 5.25. The van der Waals surface area contributed by atoms with Gasteiger partial charge in [0, 0.05) is 32.1 Å². The average molecular weight is 446 g/mol. The molecule has 0 radical (unpaired) electrons. The summed E-state index contributed by atoms with van der Waals surface area (Å²) in [6.07, 6.45) is 2.46. The first-order valence-corrected chi connectivity index (χ1v) is 10.2. The van der Waals surface area contributed by atoms with Gasteiger partial charge in [0.05, 0.1) is 12.7 Å². The van der Waals surface area contributed by atoms with Gasteiger partial charge in [0.1, 0.15) is 23.1 Å². The molecule has 4 aromatic rings. The van der Waals surface area contributed by atoms with Gasteiger partial charge in [-0.3, -0.25) is 14.5 Å². The highest BCUT2D eigenvalue weighted by Crippen LogP contribution is 2.38. The number of hydrogen-bond donors (Lipinski definition) is 1. The number of aryl methyl sites for hydroxylation is 1. The van der Waals surface area contributed by atoms with E-state index in [-0.39, 0.29) is 11.7 Å². The Hall–Kier alpha value is -4.04. The van der Waals surface area contributed by atoms with Crippen molar-refractivity contribution in [2.45, 2.75) is 6.10 Å². The van der Waals surface area contributed by atoms with Crippen LogP contribution in [0.1, 0.15) is 11.7 Å². The first kappa shape index (κ1) is 22.2. The zero-order valence-corrected chi connectivity index (χ0v) is 18.4. The summed E-state index contributed by atoms with van der Waals surface area (Å²) in [4.78, 5) is 17.4. The molecule has 33 heavy (non-hydrogen) atoms. The van der Waals surface area contributed by atoms with E-state index in [0.29, 0.717) is 28.4 Å². The number of nitrogens with zero attached hydrogens (tertiary/aromatic N) is 3. The molecule has 168 valence electrons. The number of methoxy groups -OCH3 is 2. The zero-order chi connectivity index (χ0) is 23.4. The van der Waals surface area contributed by atoms with E-state index in [0.717, 1.165) is 11.1 Å². The maximum absolute atomic E-state index is 13.5. The predicted octanol–water partition coefficient (Wildman–Crippen LogP) is 4.62. The normalized spacial score (nSPS) is 11.8. The van der Waals surface area contributed by atoms with E-state index in [1.807, 2.05) is 12.1 Å². The third-order valence-electron chi connectivity index (χ3n) is 5.25. The molecule has 2 heterocycles. The molecule has 0 spiro atoms. The van der Waals surface area contributed by atoms with Crippen molar-refractivity contribution in [3.63, 3.8) is 0 Å². The highest BCUT2D eigenvalue weighted by atomic mass is 19.1. The molecule has 2 aromatic carbocycles. The Balaban J connectivity index is 1.77. The lowest BCUT2D eigenvalue weighted by molar-refractivity contribution is -0.126. The monoisotopic (exact) mass is 446 g/mol. The predicted molar refractivity (Wildman–Crippen MR) is 123 cm³/mol. The van der Waals surface area contributed by atoms with Crippen LogP contribution in [-0.2, 0) is 16.6 Å². The van der Waals surface area contributed by atoms with E-state index in [4.69, 9.17) is 9.47 Å². The van der Waals surface area contributed by atoms with Gasteiger partial charge in [-0.2, -0.15) is 5.10 Å². The summed E-state index contributed by atoms with van der Waals surface area (Å²) in [6, 6.07) is 16.9. The smallest absolute Gasteiger partial charge is 0.259 e. The summed E-state index contributed by atoms with van der Waals surface area (Å²) in [5, 5.41) is 7.59. The standard InChI is InChI=1S/C25H23FN4O3/c1-30-24(28-25(31)23(33-3)18-5-4-6-20(15-18)32-2)21(16-11-13-27-14-12-16)22(29-30)17-7-9-19(26)10-8-17/h4-15,23H,1-3H3,(H,28,31). The zero-order valence-electron chi connectivity index (χ0n) is 18.4. The summed E-state index contributed by atoms with van der Waals surface area (Å²) in [6.45, 7) is 0. The highest BCUT2D eigenvalue weighted by molar-refractivity contribution is 6.00. The summed E-state index contributed by atoms with van der Waals surface area (Å²) in [5.74, 6) is 0.402. The lowest BCUT2D eigenvalue weighted by atomic mass is 10.0. The Bertz CT molecular complexity index is 1260. The maximum atomic E-state index is 13.5. The molecular formula is C25H23FN4O3. The molecule has 0 bridgehead atoms. The topological polar surface area (TPSA) is 78.3 Å². The van der Waals surface area contributed by atoms with Crippen LogP contribution in [0.2, 0.25) is 0 Å². The second-order valence-electron chi connectivity index (χ2n) is 7.32. The second-order valence-corrected chi connectivity index (χ2v) is 7.32. The first-order chi connectivity index (χ1) is 16.0. The summed E-state index contributed by atoms with van der Waals surface area (Å²) in [7, 11) is 4.77. The second kappa shape index (κ2) is 9.62. The van der Waals surface area contributed by atoms with Crippen LogP contribution in [0.4, 0.5) is 10.2 Å². The Labute approximate surface area is 190 Å². The Morgan fingerprint density at radius 1 is 1.03 bits per heavy atom. The molecular weight excluding hydrogens is 423 g/mol. The minimum Gasteiger partial charge on any atom is -0.497 e. The molecule has 1 amide bonds. The van der Waals surface area contributed by atoms with Crippen LogP contribution in [0, 0.1) is 5.82 Å². The van der Waals surface area contributed by atoms with Gasteiger partial charge >= 0.3 is 0 Å². The molecule has 0 aliphatic carbocycles. The fourth-order valence-corrected chi connectivity index (χ4v) is 3.65. The number of pyridine rings is 1. The minimum absolute atomic E-state index is 0.338. The molecule has 2 aromatic heterocycles. The minimum atomic E-state index is -0.866. The van der Waals surface area contributed by atoms with Crippen molar-refractivity contribution in [1.82, 2.24) is 14.8 Å². The van der Waals surface area contributed by atoms with Crippen molar-refractivity contribution in [3.05, 3.63) is 84.4 Å². The van der Waals surface area contributed by atoms with Crippen LogP contribution < -0.4 is 10.1 Å². The van der Waals surface area contributed by atoms with E-state index in [9.17, 15) is 9.18 Å². The van der Waals surface area contributed by atoms with E-state index in [1.54, 1.807) is 67.6 Å². The van der Waals surface area contributed by atoms with Crippen molar-refractivity contribution >= 4 is 11.7 Å². The summed E-state index contributed by atoms with van der Waals surface area (Å²) in [5.41, 5.74) is 3.48. The molecule has 0 saturated carbocycles. The number of amides is 1. The highest BCUT2D eigenvalue weighted by Gasteiger charge is 2.26. The Kier molecular flexibility index (Phi) is 6.46. The van der Waals surface area contributed by atoms with E-state index >= 15 is 0 Å². The van der Waals surface area contributed by atoms with Crippen molar-refractivity contribution in [2.75, 3.05) is 19.5 Å². The molecule has 1 atom stereocenters. The first-order valence-electron chi connectivity index (χ1n) is 10.2. The van der Waals surface area contributed by atoms with Crippen molar-refractivity contribution in [1.29, 1.82) is 0 Å². The van der Waals surface area contributed by atoms with Crippen LogP contribution in [0.25, 0.3) is 22.4 Å². The van der Waals surface area contributed by atoms with Crippen LogP contribution in [-0.4, -0.2) is 34.9 Å². The van der Waals surface area contributed by atoms with Gasteiger partial charge in [-0.1, -0.05) is 12.1 Å². The Morgan fingerprint density at radius 2 is 1.76 bits per heavy atom. The number of carbonyl (C=O) groups is 1. The lowest BCUT2D eigenvalue weighted by Gasteiger charge is -2.17. The number of anilines is 1. The van der Waals surface area contributed by atoms with Gasteiger partial charge in [0.2, 0.25) is 0 Å². The number of benzene rings is 2. The van der Waals surface area contributed by atoms with E-state index in [1.165, 1.54) is 19.2 Å². The van der Waals surface area contributed by atoms with Crippen LogP contribution in [0.5, 0.6) is 5.75 Å². The number of halogens is 1.